The van der Waals surface area contributed by atoms with Gasteiger partial charge in [0.15, 0.2) is 0 Å². The van der Waals surface area contributed by atoms with Gasteiger partial charge in [-0.1, -0.05) is 61.7 Å². The van der Waals surface area contributed by atoms with Crippen molar-refractivity contribution in [2.75, 3.05) is 13.6 Å². The van der Waals surface area contributed by atoms with E-state index in [2.05, 4.69) is 45.2 Å². The Morgan fingerprint density at radius 3 is 2.36 bits per heavy atom. The Balaban J connectivity index is 1.42. The average Bonchev–Trinajstić information content (AvgIpc) is 3.39. The third-order valence-electron chi connectivity index (χ3n) is 6.36. The topological polar surface area (TPSA) is 120 Å². The Hall–Kier alpha value is -3.72. The third kappa shape index (κ3) is 10.9. The van der Waals surface area contributed by atoms with Crippen LogP contribution in [0.3, 0.4) is 0 Å². The Morgan fingerprint density at radius 2 is 1.62 bits per heavy atom. The van der Waals surface area contributed by atoms with Gasteiger partial charge in [0.25, 0.3) is 0 Å². The van der Waals surface area contributed by atoms with Crippen LogP contribution in [-0.2, 0) is 33.6 Å². The molecule has 0 radical (unpaired) electrons. The standard InChI is InChI=1S/C30H38N4O4S/c1-31-27(37)20-24-21-39-28(33-24)18-19-32-30(38)29(23-14-16-25(35)17-15-23)34-26(36)13-9-4-2-3-6-10-22-11-7-5-8-12-22/h5,7-8,11-12,14-17,21,29,35H,2-4,6,9-10,13,18-20H2,1H3,(H,31,37)(H,32,38)(H,34,36)/t29-/m0/s1. The summed E-state index contributed by atoms with van der Waals surface area (Å²) in [6.45, 7) is 0.346. The number of unbranched alkanes of at least 4 members (excludes halogenated alkanes) is 4. The molecule has 3 aromatic rings. The van der Waals surface area contributed by atoms with Crippen molar-refractivity contribution in [2.45, 2.75) is 63.8 Å². The number of rotatable bonds is 16. The Bertz CT molecular complexity index is 1180. The summed E-state index contributed by atoms with van der Waals surface area (Å²) in [5, 5.41) is 20.6. The lowest BCUT2D eigenvalue weighted by atomic mass is 10.0. The predicted molar refractivity (Wildman–Crippen MR) is 153 cm³/mol. The maximum absolute atomic E-state index is 13.1. The minimum atomic E-state index is -0.857. The summed E-state index contributed by atoms with van der Waals surface area (Å²) in [7, 11) is 1.59. The normalized spacial score (nSPS) is 11.5. The van der Waals surface area contributed by atoms with E-state index in [4.69, 9.17) is 0 Å². The summed E-state index contributed by atoms with van der Waals surface area (Å²) in [5.74, 6) is -0.508. The minimum Gasteiger partial charge on any atom is -0.508 e. The number of phenols is 1. The molecule has 0 aliphatic rings. The number of nitrogens with zero attached hydrogens (tertiary/aromatic N) is 1. The van der Waals surface area contributed by atoms with E-state index in [1.165, 1.54) is 29.0 Å². The van der Waals surface area contributed by atoms with Gasteiger partial charge < -0.3 is 21.1 Å². The first-order valence-corrected chi connectivity index (χ1v) is 14.4. The SMILES string of the molecule is CNC(=O)Cc1csc(CCNC(=O)[C@@H](NC(=O)CCCCCCCc2ccccc2)c2ccc(O)cc2)n1. The molecule has 208 valence electrons. The zero-order valence-corrected chi connectivity index (χ0v) is 23.3. The molecule has 0 aliphatic carbocycles. The molecule has 0 saturated carbocycles. The van der Waals surface area contributed by atoms with Crippen molar-refractivity contribution in [1.29, 1.82) is 0 Å². The van der Waals surface area contributed by atoms with E-state index < -0.39 is 6.04 Å². The van der Waals surface area contributed by atoms with Gasteiger partial charge in [-0.3, -0.25) is 14.4 Å². The molecule has 0 spiro atoms. The van der Waals surface area contributed by atoms with Crippen LogP contribution in [0.4, 0.5) is 0 Å². The van der Waals surface area contributed by atoms with E-state index in [9.17, 15) is 19.5 Å². The Labute approximate surface area is 234 Å². The van der Waals surface area contributed by atoms with Gasteiger partial charge in [-0.25, -0.2) is 4.98 Å². The molecule has 0 saturated heterocycles. The number of aromatic nitrogens is 1. The van der Waals surface area contributed by atoms with Gasteiger partial charge in [0.2, 0.25) is 17.7 Å². The quantitative estimate of drug-likeness (QED) is 0.199. The van der Waals surface area contributed by atoms with Crippen molar-refractivity contribution in [3.8, 4) is 5.75 Å². The number of carbonyl (C=O) groups is 3. The summed E-state index contributed by atoms with van der Waals surface area (Å²) >= 11 is 1.45. The number of aryl methyl sites for hydroxylation is 1. The van der Waals surface area contributed by atoms with E-state index in [0.717, 1.165) is 43.5 Å². The van der Waals surface area contributed by atoms with Crippen molar-refractivity contribution in [3.05, 3.63) is 81.8 Å². The van der Waals surface area contributed by atoms with Crippen molar-refractivity contribution >= 4 is 29.1 Å². The van der Waals surface area contributed by atoms with Crippen LogP contribution in [0.5, 0.6) is 5.75 Å². The molecule has 2 aromatic carbocycles. The number of nitrogens with one attached hydrogen (secondary N) is 3. The fourth-order valence-corrected chi connectivity index (χ4v) is 4.98. The number of thiazole rings is 1. The smallest absolute Gasteiger partial charge is 0.247 e. The maximum atomic E-state index is 13.1. The van der Waals surface area contributed by atoms with Crippen molar-refractivity contribution in [3.63, 3.8) is 0 Å². The second-order valence-electron chi connectivity index (χ2n) is 9.47. The van der Waals surface area contributed by atoms with Crippen molar-refractivity contribution in [1.82, 2.24) is 20.9 Å². The lowest BCUT2D eigenvalue weighted by Crippen LogP contribution is -2.41. The predicted octanol–water partition coefficient (Wildman–Crippen LogP) is 4.24. The zero-order chi connectivity index (χ0) is 27.9. The highest BCUT2D eigenvalue weighted by Crippen LogP contribution is 2.18. The molecule has 0 aliphatic heterocycles. The Morgan fingerprint density at radius 1 is 0.897 bits per heavy atom. The van der Waals surface area contributed by atoms with Crippen LogP contribution in [0.2, 0.25) is 0 Å². The van der Waals surface area contributed by atoms with E-state index in [-0.39, 0.29) is 29.9 Å². The van der Waals surface area contributed by atoms with Gasteiger partial charge in [-0.05, 0) is 42.5 Å². The maximum Gasteiger partial charge on any atom is 0.247 e. The van der Waals surface area contributed by atoms with E-state index >= 15 is 0 Å². The monoisotopic (exact) mass is 550 g/mol. The van der Waals surface area contributed by atoms with Crippen LogP contribution in [0.1, 0.15) is 66.4 Å². The van der Waals surface area contributed by atoms with Crippen LogP contribution in [0, 0.1) is 0 Å². The second kappa shape index (κ2) is 16.3. The Kier molecular flexibility index (Phi) is 12.5. The number of amides is 3. The van der Waals surface area contributed by atoms with Gasteiger partial charge in [0, 0.05) is 31.8 Å². The fraction of sp³-hybridized carbons (Fsp3) is 0.400. The van der Waals surface area contributed by atoms with Gasteiger partial charge >= 0.3 is 0 Å². The molecule has 9 heteroatoms. The molecular formula is C30H38N4O4S. The third-order valence-corrected chi connectivity index (χ3v) is 7.32. The molecule has 1 atom stereocenters. The van der Waals surface area contributed by atoms with Gasteiger partial charge in [0.05, 0.1) is 17.1 Å². The molecule has 0 unspecified atom stereocenters. The highest BCUT2D eigenvalue weighted by Gasteiger charge is 2.22. The van der Waals surface area contributed by atoms with Gasteiger partial charge in [-0.15, -0.1) is 11.3 Å². The first-order valence-electron chi connectivity index (χ1n) is 13.5. The number of benzene rings is 2. The van der Waals surface area contributed by atoms with Crippen LogP contribution in [-0.4, -0.2) is 41.4 Å². The van der Waals surface area contributed by atoms with Crippen LogP contribution in [0.15, 0.2) is 60.0 Å². The zero-order valence-electron chi connectivity index (χ0n) is 22.4. The molecular weight excluding hydrogens is 512 g/mol. The van der Waals surface area contributed by atoms with E-state index in [1.807, 2.05) is 11.4 Å². The molecule has 4 N–H and O–H groups in total. The fourth-order valence-electron chi connectivity index (χ4n) is 4.18. The van der Waals surface area contributed by atoms with Crippen LogP contribution < -0.4 is 16.0 Å². The summed E-state index contributed by atoms with van der Waals surface area (Å²) in [5.41, 5.74) is 2.65. The van der Waals surface area contributed by atoms with Crippen LogP contribution in [0.25, 0.3) is 0 Å². The number of carbonyl (C=O) groups excluding carboxylic acids is 3. The molecule has 3 amide bonds. The summed E-state index contributed by atoms with van der Waals surface area (Å²) in [6, 6.07) is 15.9. The largest absolute Gasteiger partial charge is 0.508 e. The molecule has 1 heterocycles. The molecule has 0 bridgehead atoms. The van der Waals surface area contributed by atoms with Gasteiger partial charge in [0.1, 0.15) is 11.8 Å². The number of aromatic hydroxyl groups is 1. The lowest BCUT2D eigenvalue weighted by molar-refractivity contribution is -0.129. The number of likely N-dealkylation sites (N-methyl/N-ethyl adjacent to an activating group) is 1. The minimum absolute atomic E-state index is 0.0906. The van der Waals surface area contributed by atoms with Crippen molar-refractivity contribution < 1.29 is 19.5 Å². The number of phenolic OH excluding ortho intramolecular Hbond substituents is 1. The van der Waals surface area contributed by atoms with E-state index in [1.54, 1.807) is 19.2 Å². The summed E-state index contributed by atoms with van der Waals surface area (Å²) in [4.78, 5) is 41.7. The first-order chi connectivity index (χ1) is 18.9. The number of hydrogen-bond donors (Lipinski definition) is 4. The highest BCUT2D eigenvalue weighted by atomic mass is 32.1. The molecule has 8 nitrogen and oxygen atoms in total. The first kappa shape index (κ1) is 29.8. The van der Waals surface area contributed by atoms with E-state index in [0.29, 0.717) is 30.6 Å². The molecule has 3 rings (SSSR count). The highest BCUT2D eigenvalue weighted by molar-refractivity contribution is 7.09. The summed E-state index contributed by atoms with van der Waals surface area (Å²) < 4.78 is 0. The van der Waals surface area contributed by atoms with Gasteiger partial charge in [-0.2, -0.15) is 0 Å². The molecule has 1 aromatic heterocycles. The van der Waals surface area contributed by atoms with Crippen molar-refractivity contribution in [2.24, 2.45) is 0 Å². The number of hydrogen-bond acceptors (Lipinski definition) is 6. The summed E-state index contributed by atoms with van der Waals surface area (Å²) in [6.07, 6.45) is 7.24. The lowest BCUT2D eigenvalue weighted by Gasteiger charge is -2.19. The molecule has 0 fully saturated rings. The second-order valence-corrected chi connectivity index (χ2v) is 10.4. The average molecular weight is 551 g/mol. The molecule has 39 heavy (non-hydrogen) atoms. The van der Waals surface area contributed by atoms with Crippen LogP contribution >= 0.6 is 11.3 Å².